The molecule has 0 bridgehead atoms. The van der Waals surface area contributed by atoms with E-state index in [-0.39, 0.29) is 18.8 Å². The van der Waals surface area contributed by atoms with E-state index in [2.05, 4.69) is 28.8 Å². The number of hydrogen-bond donors (Lipinski definition) is 4. The zero-order chi connectivity index (χ0) is 21.0. The van der Waals surface area contributed by atoms with Gasteiger partial charge in [0, 0.05) is 18.3 Å². The van der Waals surface area contributed by atoms with Crippen molar-refractivity contribution in [2.75, 3.05) is 17.2 Å². The molecule has 1 aromatic heterocycles. The molecule has 0 saturated carbocycles. The molecule has 1 fully saturated rings. The number of ether oxygens (including phenoxy) is 1. The maximum atomic E-state index is 12.3. The molecule has 1 saturated heterocycles. The van der Waals surface area contributed by atoms with E-state index in [1.165, 1.54) is 16.8 Å². The number of nitrogens with one attached hydrogen (secondary N) is 2. The van der Waals surface area contributed by atoms with Crippen molar-refractivity contribution in [3.63, 3.8) is 0 Å². The second-order valence-electron chi connectivity index (χ2n) is 6.45. The minimum atomic E-state index is -0.867. The highest BCUT2D eigenvalue weighted by Gasteiger charge is 2.34. The number of rotatable bonds is 6. The third-order valence-corrected chi connectivity index (χ3v) is 4.55. The van der Waals surface area contributed by atoms with E-state index in [1.807, 2.05) is 0 Å². The lowest BCUT2D eigenvalue weighted by molar-refractivity contribution is -0.0458. The average Bonchev–Trinajstić information content (AvgIpc) is 3.08. The number of aromatic nitrogens is 2. The largest absolute Gasteiger partial charge is 0.394 e. The summed E-state index contributed by atoms with van der Waals surface area (Å²) in [6.45, 7) is 7.10. The summed E-state index contributed by atoms with van der Waals surface area (Å²) in [6.07, 6.45) is 2.58. The van der Waals surface area contributed by atoms with Crippen molar-refractivity contribution in [3.8, 4) is 0 Å². The molecule has 1 aliphatic rings. The third-order valence-electron chi connectivity index (χ3n) is 4.55. The van der Waals surface area contributed by atoms with Crippen molar-refractivity contribution in [3.05, 3.63) is 65.2 Å². The Labute approximate surface area is 167 Å². The molecule has 29 heavy (non-hydrogen) atoms. The molecule has 4 N–H and O–H groups in total. The topological polar surface area (TPSA) is 126 Å². The van der Waals surface area contributed by atoms with Crippen LogP contribution < -0.4 is 16.3 Å². The summed E-state index contributed by atoms with van der Waals surface area (Å²) in [6, 6.07) is 6.14. The minimum Gasteiger partial charge on any atom is -0.394 e. The van der Waals surface area contributed by atoms with E-state index in [4.69, 9.17) is 9.84 Å². The van der Waals surface area contributed by atoms with Crippen LogP contribution in [0.15, 0.2) is 48.4 Å². The number of benzene rings is 1. The van der Waals surface area contributed by atoms with E-state index >= 15 is 0 Å². The molecule has 9 nitrogen and oxygen atoms in total. The lowest BCUT2D eigenvalue weighted by Crippen LogP contribution is -2.29. The van der Waals surface area contributed by atoms with Crippen LogP contribution in [0.3, 0.4) is 0 Å². The lowest BCUT2D eigenvalue weighted by atomic mass is 10.1. The van der Waals surface area contributed by atoms with Crippen molar-refractivity contribution in [2.24, 2.45) is 0 Å². The van der Waals surface area contributed by atoms with E-state index < -0.39 is 30.2 Å². The van der Waals surface area contributed by atoms with Gasteiger partial charge in [-0.1, -0.05) is 31.4 Å². The Hall–Kier alpha value is -3.27. The number of hydrogen-bond acceptors (Lipinski definition) is 6. The molecule has 2 aromatic rings. The highest BCUT2D eigenvalue weighted by atomic mass is 16.5. The molecule has 1 aliphatic heterocycles. The van der Waals surface area contributed by atoms with Crippen LogP contribution in [0.1, 0.15) is 23.8 Å². The number of anilines is 2. The van der Waals surface area contributed by atoms with Gasteiger partial charge in [-0.05, 0) is 29.3 Å². The second-order valence-corrected chi connectivity index (χ2v) is 6.45. The van der Waals surface area contributed by atoms with Crippen LogP contribution in [0.25, 0.3) is 12.2 Å². The number of aliphatic hydroxyl groups excluding tert-OH is 2. The summed E-state index contributed by atoms with van der Waals surface area (Å²) in [7, 11) is 0. The van der Waals surface area contributed by atoms with Crippen LogP contribution in [-0.4, -0.2) is 44.6 Å². The quantitative estimate of drug-likeness (QED) is 0.588. The minimum absolute atomic E-state index is 0.0626. The van der Waals surface area contributed by atoms with Gasteiger partial charge < -0.3 is 20.3 Å². The molecule has 1 aromatic carbocycles. The number of amides is 2. The molecule has 0 aliphatic carbocycles. The Kier molecular flexibility index (Phi) is 6.23. The maximum Gasteiger partial charge on any atom is 0.351 e. The summed E-state index contributed by atoms with van der Waals surface area (Å²) in [4.78, 5) is 28.3. The summed E-state index contributed by atoms with van der Waals surface area (Å²) in [5.41, 5.74) is 1.60. The number of nitrogens with zero attached hydrogens (tertiary/aromatic N) is 2. The molecule has 3 rings (SSSR count). The van der Waals surface area contributed by atoms with Gasteiger partial charge in [0.15, 0.2) is 0 Å². The normalized spacial score (nSPS) is 20.8. The Balaban J connectivity index is 1.67. The predicted molar refractivity (Wildman–Crippen MR) is 109 cm³/mol. The van der Waals surface area contributed by atoms with Crippen molar-refractivity contribution in [1.82, 2.24) is 9.55 Å². The van der Waals surface area contributed by atoms with Gasteiger partial charge in [-0.25, -0.2) is 9.59 Å². The van der Waals surface area contributed by atoms with Crippen LogP contribution in [0, 0.1) is 0 Å². The first-order valence-corrected chi connectivity index (χ1v) is 8.95. The van der Waals surface area contributed by atoms with Crippen LogP contribution >= 0.6 is 0 Å². The summed E-state index contributed by atoms with van der Waals surface area (Å²) >= 11 is 0. The van der Waals surface area contributed by atoms with E-state index in [1.54, 1.807) is 30.4 Å². The number of aliphatic hydroxyl groups is 2. The van der Waals surface area contributed by atoms with Crippen molar-refractivity contribution < 1.29 is 19.7 Å². The van der Waals surface area contributed by atoms with Gasteiger partial charge in [0.05, 0.1) is 12.7 Å². The first-order chi connectivity index (χ1) is 13.9. The van der Waals surface area contributed by atoms with E-state index in [0.29, 0.717) is 5.69 Å². The van der Waals surface area contributed by atoms with Gasteiger partial charge >= 0.3 is 11.7 Å². The highest BCUT2D eigenvalue weighted by molar-refractivity contribution is 5.99. The predicted octanol–water partition coefficient (Wildman–Crippen LogP) is 1.81. The van der Waals surface area contributed by atoms with Crippen molar-refractivity contribution in [1.29, 1.82) is 0 Å². The summed E-state index contributed by atoms with van der Waals surface area (Å²) in [5.74, 6) is 0.0626. The molecule has 3 atom stereocenters. The standard InChI is InChI=1S/C20H22N4O5/c1-3-12-5-6-14(9-13(12)4-2)21-19(27)22-17-7-8-24(20(28)23-17)18-10-15(26)16(11-25)29-18/h3-9,15-16,18,25-26H,1-2,10-11H2,(H2,21,22,23,27,28)/t15-,16?,18-/m1/s1. The summed E-state index contributed by atoms with van der Waals surface area (Å²) in [5, 5.41) is 24.1. The lowest BCUT2D eigenvalue weighted by Gasteiger charge is -2.15. The Morgan fingerprint density at radius 2 is 2.03 bits per heavy atom. The zero-order valence-electron chi connectivity index (χ0n) is 15.6. The van der Waals surface area contributed by atoms with E-state index in [0.717, 1.165) is 11.1 Å². The summed E-state index contributed by atoms with van der Waals surface area (Å²) < 4.78 is 6.64. The first kappa shape index (κ1) is 20.5. The third kappa shape index (κ3) is 4.60. The molecule has 0 radical (unpaired) electrons. The number of urea groups is 1. The van der Waals surface area contributed by atoms with Crippen LogP contribution in [0.4, 0.5) is 16.3 Å². The van der Waals surface area contributed by atoms with Crippen molar-refractivity contribution >= 4 is 29.7 Å². The first-order valence-electron chi connectivity index (χ1n) is 8.95. The van der Waals surface area contributed by atoms with Crippen LogP contribution in [0.5, 0.6) is 0 Å². The molecule has 0 spiro atoms. The Morgan fingerprint density at radius 3 is 2.66 bits per heavy atom. The molecule has 2 amide bonds. The molecular formula is C20H22N4O5. The zero-order valence-corrected chi connectivity index (χ0v) is 15.6. The van der Waals surface area contributed by atoms with Crippen molar-refractivity contribution in [2.45, 2.75) is 24.9 Å². The molecule has 9 heteroatoms. The fourth-order valence-electron chi connectivity index (χ4n) is 3.05. The van der Waals surface area contributed by atoms with Gasteiger partial charge in [0.1, 0.15) is 18.1 Å². The molecular weight excluding hydrogens is 376 g/mol. The molecule has 2 heterocycles. The molecule has 1 unspecified atom stereocenters. The SMILES string of the molecule is C=Cc1ccc(NC(=O)Nc2ccn([C@H]3C[C@@H](O)C(CO)O3)c(=O)n2)cc1C=C. The van der Waals surface area contributed by atoms with Gasteiger partial charge in [-0.2, -0.15) is 4.98 Å². The van der Waals surface area contributed by atoms with Crippen LogP contribution in [-0.2, 0) is 4.74 Å². The highest BCUT2D eigenvalue weighted by Crippen LogP contribution is 2.27. The number of carbonyl (C=O) groups is 1. The molecule has 152 valence electrons. The monoisotopic (exact) mass is 398 g/mol. The fraction of sp³-hybridized carbons (Fsp3) is 0.250. The second kappa shape index (κ2) is 8.82. The maximum absolute atomic E-state index is 12.3. The van der Waals surface area contributed by atoms with E-state index in [9.17, 15) is 14.7 Å². The smallest absolute Gasteiger partial charge is 0.351 e. The van der Waals surface area contributed by atoms with Gasteiger partial charge in [-0.15, -0.1) is 0 Å². The Bertz CT molecular complexity index is 987. The van der Waals surface area contributed by atoms with Crippen LogP contribution in [0.2, 0.25) is 0 Å². The van der Waals surface area contributed by atoms with Gasteiger partial charge in [-0.3, -0.25) is 9.88 Å². The average molecular weight is 398 g/mol. The van der Waals surface area contributed by atoms with Gasteiger partial charge in [0.2, 0.25) is 0 Å². The number of carbonyl (C=O) groups excluding carboxylic acids is 1. The Morgan fingerprint density at radius 1 is 1.28 bits per heavy atom. The van der Waals surface area contributed by atoms with Gasteiger partial charge in [0.25, 0.3) is 0 Å². The fourth-order valence-corrected chi connectivity index (χ4v) is 3.05.